The Morgan fingerprint density at radius 1 is 1.13 bits per heavy atom. The fraction of sp³-hybridized carbons (Fsp3) is 0.333. The predicted octanol–water partition coefficient (Wildman–Crippen LogP) is 3.99. The third-order valence-corrected chi connectivity index (χ3v) is 5.47. The van der Waals surface area contributed by atoms with Gasteiger partial charge < -0.3 is 10.3 Å². The second-order valence-electron chi connectivity index (χ2n) is 7.69. The molecule has 7 nitrogen and oxygen atoms in total. The lowest BCUT2D eigenvalue weighted by molar-refractivity contribution is -0.151. The highest BCUT2D eigenvalue weighted by atomic mass is 19.4. The molecule has 0 bridgehead atoms. The van der Waals surface area contributed by atoms with Gasteiger partial charge in [-0.1, -0.05) is 6.07 Å². The molecule has 0 radical (unpaired) electrons. The topological polar surface area (TPSA) is 84.3 Å². The van der Waals surface area contributed by atoms with Crippen LogP contribution in [0.2, 0.25) is 0 Å². The van der Waals surface area contributed by atoms with Crippen LogP contribution in [0.1, 0.15) is 30.7 Å². The number of nitrogens with zero attached hydrogens (tertiary/aromatic N) is 5. The summed E-state index contributed by atoms with van der Waals surface area (Å²) in [7, 11) is 0. The van der Waals surface area contributed by atoms with E-state index in [4.69, 9.17) is 0 Å². The summed E-state index contributed by atoms with van der Waals surface area (Å²) in [6, 6.07) is 5.28. The van der Waals surface area contributed by atoms with Crippen molar-refractivity contribution in [1.29, 1.82) is 0 Å². The number of hydrogen-bond donors (Lipinski definition) is 2. The van der Waals surface area contributed by atoms with Crippen LogP contribution in [0.15, 0.2) is 49.3 Å². The third kappa shape index (κ3) is 4.15. The molecule has 0 aromatic carbocycles. The Balaban J connectivity index is 1.36. The summed E-state index contributed by atoms with van der Waals surface area (Å²) < 4.78 is 42.3. The summed E-state index contributed by atoms with van der Waals surface area (Å²) in [5.41, 5.74) is 3.25. The first-order valence-electron chi connectivity index (χ1n) is 10.1. The zero-order chi connectivity index (χ0) is 21.4. The van der Waals surface area contributed by atoms with Crippen LogP contribution < -0.4 is 5.32 Å². The number of halogens is 3. The molecule has 0 amide bonds. The number of rotatable bonds is 7. The van der Waals surface area contributed by atoms with Gasteiger partial charge >= 0.3 is 6.18 Å². The average molecular weight is 427 g/mol. The maximum absolute atomic E-state index is 13.6. The van der Waals surface area contributed by atoms with Crippen molar-refractivity contribution in [2.75, 3.05) is 6.54 Å². The number of nitrogens with one attached hydrogen (secondary N) is 2. The molecular weight excluding hydrogens is 407 g/mol. The van der Waals surface area contributed by atoms with Crippen molar-refractivity contribution in [3.63, 3.8) is 0 Å². The lowest BCUT2D eigenvalue weighted by Gasteiger charge is -2.21. The molecule has 4 heterocycles. The van der Waals surface area contributed by atoms with Gasteiger partial charge in [-0.05, 0) is 43.5 Å². The first kappa shape index (κ1) is 19.7. The van der Waals surface area contributed by atoms with Crippen LogP contribution >= 0.6 is 0 Å². The molecule has 1 saturated carbocycles. The van der Waals surface area contributed by atoms with Crippen molar-refractivity contribution < 1.29 is 13.2 Å². The minimum absolute atomic E-state index is 0.00479. The summed E-state index contributed by atoms with van der Waals surface area (Å²) in [4.78, 5) is 15.6. The van der Waals surface area contributed by atoms with E-state index < -0.39 is 12.1 Å². The van der Waals surface area contributed by atoms with Crippen LogP contribution in [0, 0.1) is 0 Å². The van der Waals surface area contributed by atoms with Gasteiger partial charge in [-0.2, -0.15) is 18.3 Å². The molecule has 160 valence electrons. The predicted molar refractivity (Wildman–Crippen MR) is 109 cm³/mol. The molecule has 0 aliphatic heterocycles. The van der Waals surface area contributed by atoms with E-state index in [1.807, 2.05) is 6.07 Å². The minimum Gasteiger partial charge on any atom is -0.343 e. The average Bonchev–Trinajstić information content (AvgIpc) is 3.24. The van der Waals surface area contributed by atoms with Crippen LogP contribution in [0.25, 0.3) is 28.1 Å². The number of H-pyrrole nitrogens is 1. The van der Waals surface area contributed by atoms with Crippen molar-refractivity contribution in [2.45, 2.75) is 37.4 Å². The van der Waals surface area contributed by atoms with E-state index >= 15 is 0 Å². The summed E-state index contributed by atoms with van der Waals surface area (Å²) >= 11 is 0. The molecule has 1 fully saturated rings. The van der Waals surface area contributed by atoms with Gasteiger partial charge in [0.1, 0.15) is 0 Å². The number of alkyl halides is 3. The molecule has 1 aliphatic carbocycles. The molecule has 10 heteroatoms. The molecule has 1 unspecified atom stereocenters. The zero-order valence-electron chi connectivity index (χ0n) is 16.5. The van der Waals surface area contributed by atoms with E-state index in [1.165, 1.54) is 12.3 Å². The lowest BCUT2D eigenvalue weighted by atomic mass is 9.96. The third-order valence-electron chi connectivity index (χ3n) is 5.47. The van der Waals surface area contributed by atoms with Gasteiger partial charge in [0.2, 0.25) is 0 Å². The molecule has 4 aromatic heterocycles. The second-order valence-corrected chi connectivity index (χ2v) is 7.69. The minimum atomic E-state index is -4.32. The Morgan fingerprint density at radius 3 is 2.74 bits per heavy atom. The van der Waals surface area contributed by atoms with Crippen LogP contribution in [0.3, 0.4) is 0 Å². The lowest BCUT2D eigenvalue weighted by Crippen LogP contribution is -2.27. The highest BCUT2D eigenvalue weighted by Crippen LogP contribution is 2.37. The Kier molecular flexibility index (Phi) is 4.93. The van der Waals surface area contributed by atoms with Crippen molar-refractivity contribution in [1.82, 2.24) is 35.0 Å². The van der Waals surface area contributed by atoms with Gasteiger partial charge in [0.15, 0.2) is 11.5 Å². The number of pyridine rings is 2. The molecule has 5 rings (SSSR count). The van der Waals surface area contributed by atoms with Gasteiger partial charge in [-0.25, -0.2) is 19.6 Å². The molecule has 4 aromatic rings. The van der Waals surface area contributed by atoms with E-state index in [0.717, 1.165) is 29.5 Å². The summed E-state index contributed by atoms with van der Waals surface area (Å²) in [6.07, 6.45) is 5.76. The summed E-state index contributed by atoms with van der Waals surface area (Å²) in [5, 5.41) is 7.47. The van der Waals surface area contributed by atoms with Crippen LogP contribution in [0.5, 0.6) is 0 Å². The normalized spacial score (nSPS) is 15.5. The number of fused-ring (bicyclic) bond motifs is 1. The first-order valence-corrected chi connectivity index (χ1v) is 10.1. The van der Waals surface area contributed by atoms with E-state index in [0.29, 0.717) is 24.1 Å². The first-order chi connectivity index (χ1) is 15.0. The second kappa shape index (κ2) is 7.77. The van der Waals surface area contributed by atoms with Crippen LogP contribution in [-0.2, 0) is 0 Å². The Hall–Kier alpha value is -3.27. The number of imidazole rings is 1. The number of aromatic amines is 1. The van der Waals surface area contributed by atoms with Crippen LogP contribution in [0.4, 0.5) is 13.2 Å². The highest BCUT2D eigenvalue weighted by molar-refractivity contribution is 5.88. The Labute approximate surface area is 175 Å². The fourth-order valence-electron chi connectivity index (χ4n) is 3.65. The number of hydrogen-bond acceptors (Lipinski definition) is 5. The van der Waals surface area contributed by atoms with Gasteiger partial charge in [-0.3, -0.25) is 0 Å². The van der Waals surface area contributed by atoms with Gasteiger partial charge in [0.25, 0.3) is 0 Å². The molecule has 1 aliphatic rings. The van der Waals surface area contributed by atoms with E-state index in [-0.39, 0.29) is 12.0 Å². The summed E-state index contributed by atoms with van der Waals surface area (Å²) in [5.74, 6) is -1.10. The smallest absolute Gasteiger partial charge is 0.343 e. The van der Waals surface area contributed by atoms with Crippen molar-refractivity contribution in [2.24, 2.45) is 0 Å². The quantitative estimate of drug-likeness (QED) is 0.466. The van der Waals surface area contributed by atoms with Gasteiger partial charge in [-0.15, -0.1) is 0 Å². The molecule has 0 spiro atoms. The molecule has 31 heavy (non-hydrogen) atoms. The summed E-state index contributed by atoms with van der Waals surface area (Å²) in [6.45, 7) is 0.340. The molecule has 2 N–H and O–H groups in total. The van der Waals surface area contributed by atoms with E-state index in [9.17, 15) is 13.2 Å². The van der Waals surface area contributed by atoms with Crippen molar-refractivity contribution in [3.05, 3.63) is 54.9 Å². The Bertz CT molecular complexity index is 1180. The SMILES string of the molecule is FC(F)(F)C(CCNC1CC1)c1ccc(-n2cc(-c3ccnc4nc[nH]c34)cn2)nc1. The van der Waals surface area contributed by atoms with Crippen molar-refractivity contribution >= 4 is 11.2 Å². The number of aromatic nitrogens is 6. The molecule has 1 atom stereocenters. The maximum atomic E-state index is 13.6. The van der Waals surface area contributed by atoms with Gasteiger partial charge in [0.05, 0.1) is 24.0 Å². The van der Waals surface area contributed by atoms with Gasteiger partial charge in [0, 0.05) is 35.8 Å². The molecular formula is C21H20F3N7. The van der Waals surface area contributed by atoms with E-state index in [1.54, 1.807) is 35.7 Å². The van der Waals surface area contributed by atoms with Crippen molar-refractivity contribution in [3.8, 4) is 16.9 Å². The zero-order valence-corrected chi connectivity index (χ0v) is 16.5. The molecule has 0 saturated heterocycles. The largest absolute Gasteiger partial charge is 0.395 e. The standard InChI is InChI=1S/C21H20F3N7/c22-21(23,24)17(6-8-25-15-2-3-15)13-1-4-18(27-9-13)31-11-14(10-30-31)16-5-7-26-20-19(16)28-12-29-20/h1,4-5,7,9-12,15,17,25H,2-3,6,8H2,(H,26,28,29). The van der Waals surface area contributed by atoms with E-state index in [2.05, 4.69) is 30.4 Å². The highest BCUT2D eigenvalue weighted by Gasteiger charge is 2.40. The Morgan fingerprint density at radius 2 is 2.00 bits per heavy atom. The fourth-order valence-corrected chi connectivity index (χ4v) is 3.65. The maximum Gasteiger partial charge on any atom is 0.395 e. The van der Waals surface area contributed by atoms with Crippen LogP contribution in [-0.4, -0.2) is 48.5 Å². The monoisotopic (exact) mass is 427 g/mol.